The number of aliphatic hydroxyl groups excluding tert-OH is 1. The van der Waals surface area contributed by atoms with Crippen LogP contribution in [0.5, 0.6) is 5.75 Å². The number of nitrogens with one attached hydrogen (secondary N) is 1. The van der Waals surface area contributed by atoms with E-state index < -0.39 is 11.7 Å². The van der Waals surface area contributed by atoms with Crippen LogP contribution in [0.3, 0.4) is 0 Å². The SMILES string of the molecule is Cc1ccccc1O[C@H]1CNC[C@@]1(O)CO. The van der Waals surface area contributed by atoms with Gasteiger partial charge in [0.2, 0.25) is 0 Å². The molecule has 0 aliphatic carbocycles. The van der Waals surface area contributed by atoms with Crippen LogP contribution in [0, 0.1) is 6.92 Å². The van der Waals surface area contributed by atoms with Crippen LogP contribution in [0.1, 0.15) is 5.56 Å². The van der Waals surface area contributed by atoms with Gasteiger partial charge >= 0.3 is 0 Å². The number of aryl methyl sites for hydroxylation is 1. The lowest BCUT2D eigenvalue weighted by atomic mass is 10.0. The first-order valence-corrected chi connectivity index (χ1v) is 5.42. The number of β-amino-alcohol motifs (C(OH)–C–C–N with tert-alkyl or cyclic N) is 1. The van der Waals surface area contributed by atoms with Gasteiger partial charge < -0.3 is 20.3 Å². The van der Waals surface area contributed by atoms with E-state index in [1.807, 2.05) is 31.2 Å². The number of benzene rings is 1. The van der Waals surface area contributed by atoms with Gasteiger partial charge in [-0.25, -0.2) is 0 Å². The highest BCUT2D eigenvalue weighted by Crippen LogP contribution is 2.24. The molecule has 0 spiro atoms. The van der Waals surface area contributed by atoms with Crippen LogP contribution < -0.4 is 10.1 Å². The van der Waals surface area contributed by atoms with Crippen LogP contribution in [0.15, 0.2) is 24.3 Å². The molecule has 1 heterocycles. The molecular weight excluding hydrogens is 206 g/mol. The van der Waals surface area contributed by atoms with Crippen molar-refractivity contribution in [1.82, 2.24) is 5.32 Å². The fourth-order valence-electron chi connectivity index (χ4n) is 1.87. The van der Waals surface area contributed by atoms with E-state index >= 15 is 0 Å². The largest absolute Gasteiger partial charge is 0.486 e. The number of aliphatic hydroxyl groups is 2. The zero-order valence-electron chi connectivity index (χ0n) is 9.31. The smallest absolute Gasteiger partial charge is 0.143 e. The van der Waals surface area contributed by atoms with Crippen LogP contribution in [0.2, 0.25) is 0 Å². The third kappa shape index (κ3) is 2.04. The first-order chi connectivity index (χ1) is 7.65. The topological polar surface area (TPSA) is 61.7 Å². The Kier molecular flexibility index (Phi) is 3.14. The Hall–Kier alpha value is -1.10. The Morgan fingerprint density at radius 3 is 2.94 bits per heavy atom. The molecule has 1 aliphatic rings. The standard InChI is InChI=1S/C12H17NO3/c1-9-4-2-3-5-10(9)16-11-6-13-7-12(11,15)8-14/h2-5,11,13-15H,6-8H2,1H3/t11-,12+/m0/s1. The molecule has 0 aromatic heterocycles. The van der Waals surface area contributed by atoms with Crippen molar-refractivity contribution < 1.29 is 14.9 Å². The molecule has 4 heteroatoms. The van der Waals surface area contributed by atoms with Gasteiger partial charge in [-0.2, -0.15) is 0 Å². The van der Waals surface area contributed by atoms with Gasteiger partial charge in [-0.1, -0.05) is 18.2 Å². The molecule has 0 radical (unpaired) electrons. The number of hydrogen-bond acceptors (Lipinski definition) is 4. The van der Waals surface area contributed by atoms with Crippen LogP contribution >= 0.6 is 0 Å². The number of ether oxygens (including phenoxy) is 1. The molecule has 2 atom stereocenters. The van der Waals surface area contributed by atoms with Gasteiger partial charge in [0, 0.05) is 13.1 Å². The van der Waals surface area contributed by atoms with E-state index in [0.29, 0.717) is 13.1 Å². The summed E-state index contributed by atoms with van der Waals surface area (Å²) in [4.78, 5) is 0. The van der Waals surface area contributed by atoms with E-state index in [1.54, 1.807) is 0 Å². The van der Waals surface area contributed by atoms with Crippen LogP contribution in [0.4, 0.5) is 0 Å². The van der Waals surface area contributed by atoms with Crippen molar-refractivity contribution >= 4 is 0 Å². The molecule has 4 nitrogen and oxygen atoms in total. The Morgan fingerprint density at radius 2 is 2.25 bits per heavy atom. The van der Waals surface area contributed by atoms with E-state index in [0.717, 1.165) is 11.3 Å². The zero-order valence-corrected chi connectivity index (χ0v) is 9.31. The predicted molar refractivity (Wildman–Crippen MR) is 60.5 cm³/mol. The van der Waals surface area contributed by atoms with Gasteiger partial charge in [-0.3, -0.25) is 0 Å². The molecule has 1 aliphatic heterocycles. The minimum Gasteiger partial charge on any atom is -0.486 e. The summed E-state index contributed by atoms with van der Waals surface area (Å²) in [6, 6.07) is 7.65. The van der Waals surface area contributed by atoms with E-state index in [4.69, 9.17) is 4.74 Å². The van der Waals surface area contributed by atoms with Gasteiger partial charge in [-0.05, 0) is 18.6 Å². The number of para-hydroxylation sites is 1. The van der Waals surface area contributed by atoms with Crippen molar-refractivity contribution in [2.24, 2.45) is 0 Å². The molecule has 1 aromatic carbocycles. The first kappa shape index (κ1) is 11.4. The molecule has 88 valence electrons. The summed E-state index contributed by atoms with van der Waals surface area (Å²) in [6.45, 7) is 2.57. The van der Waals surface area contributed by atoms with Crippen LogP contribution in [-0.2, 0) is 0 Å². The molecule has 1 saturated heterocycles. The Bertz CT molecular complexity index is 369. The van der Waals surface area contributed by atoms with Crippen molar-refractivity contribution in [3.63, 3.8) is 0 Å². The lowest BCUT2D eigenvalue weighted by molar-refractivity contribution is -0.0633. The fourth-order valence-corrected chi connectivity index (χ4v) is 1.87. The van der Waals surface area contributed by atoms with E-state index in [9.17, 15) is 10.2 Å². The molecular formula is C12H17NO3. The molecule has 0 saturated carbocycles. The number of rotatable bonds is 3. The summed E-state index contributed by atoms with van der Waals surface area (Å²) in [7, 11) is 0. The normalized spacial score (nSPS) is 29.3. The van der Waals surface area contributed by atoms with Gasteiger partial charge in [0.25, 0.3) is 0 Å². The highest BCUT2D eigenvalue weighted by molar-refractivity contribution is 5.32. The average molecular weight is 223 g/mol. The molecule has 1 fully saturated rings. The van der Waals surface area contributed by atoms with Gasteiger partial charge in [0.05, 0.1) is 6.61 Å². The average Bonchev–Trinajstić information content (AvgIpc) is 2.65. The second-order valence-electron chi connectivity index (χ2n) is 4.26. The lowest BCUT2D eigenvalue weighted by Gasteiger charge is -2.27. The van der Waals surface area contributed by atoms with E-state index in [-0.39, 0.29) is 6.61 Å². The van der Waals surface area contributed by atoms with Crippen molar-refractivity contribution in [3.8, 4) is 5.75 Å². The minimum atomic E-state index is -1.18. The predicted octanol–water partition coefficient (Wildman–Crippen LogP) is 0.0690. The summed E-state index contributed by atoms with van der Waals surface area (Å²) in [5.41, 5.74) is -0.155. The third-order valence-corrected chi connectivity index (χ3v) is 3.00. The molecule has 0 unspecified atom stereocenters. The first-order valence-electron chi connectivity index (χ1n) is 5.42. The Labute approximate surface area is 94.9 Å². The molecule has 3 N–H and O–H groups in total. The highest BCUT2D eigenvalue weighted by Gasteiger charge is 2.42. The quantitative estimate of drug-likeness (QED) is 0.678. The maximum atomic E-state index is 10.1. The molecule has 0 bridgehead atoms. The Morgan fingerprint density at radius 1 is 1.50 bits per heavy atom. The van der Waals surface area contributed by atoms with Gasteiger partial charge in [0.15, 0.2) is 0 Å². The summed E-state index contributed by atoms with van der Waals surface area (Å²) in [5.74, 6) is 0.753. The maximum Gasteiger partial charge on any atom is 0.143 e. The third-order valence-electron chi connectivity index (χ3n) is 3.00. The molecule has 1 aromatic rings. The maximum absolute atomic E-state index is 10.1. The summed E-state index contributed by atoms with van der Waals surface area (Å²) in [6.07, 6.45) is -0.404. The number of hydrogen-bond donors (Lipinski definition) is 3. The monoisotopic (exact) mass is 223 g/mol. The second-order valence-corrected chi connectivity index (χ2v) is 4.26. The van der Waals surface area contributed by atoms with Gasteiger partial charge in [-0.15, -0.1) is 0 Å². The van der Waals surface area contributed by atoms with Crippen molar-refractivity contribution in [2.45, 2.75) is 18.6 Å². The molecule has 2 rings (SSSR count). The lowest BCUT2D eigenvalue weighted by Crippen LogP contribution is -2.48. The van der Waals surface area contributed by atoms with E-state index in [1.165, 1.54) is 0 Å². The van der Waals surface area contributed by atoms with Crippen molar-refractivity contribution in [3.05, 3.63) is 29.8 Å². The van der Waals surface area contributed by atoms with E-state index in [2.05, 4.69) is 5.32 Å². The van der Waals surface area contributed by atoms with Crippen LogP contribution in [0.25, 0.3) is 0 Å². The highest BCUT2D eigenvalue weighted by atomic mass is 16.5. The minimum absolute atomic E-state index is 0.295. The van der Waals surface area contributed by atoms with Crippen LogP contribution in [-0.4, -0.2) is 41.6 Å². The summed E-state index contributed by atoms with van der Waals surface area (Å²) >= 11 is 0. The second kappa shape index (κ2) is 4.41. The van der Waals surface area contributed by atoms with Crippen molar-refractivity contribution in [2.75, 3.05) is 19.7 Å². The zero-order chi connectivity index (χ0) is 11.6. The molecule has 16 heavy (non-hydrogen) atoms. The fraction of sp³-hybridized carbons (Fsp3) is 0.500. The Balaban J connectivity index is 2.13. The summed E-state index contributed by atoms with van der Waals surface area (Å²) in [5, 5.41) is 22.3. The summed E-state index contributed by atoms with van der Waals surface area (Å²) < 4.78 is 5.74. The van der Waals surface area contributed by atoms with Crippen molar-refractivity contribution in [1.29, 1.82) is 0 Å². The van der Waals surface area contributed by atoms with Gasteiger partial charge in [0.1, 0.15) is 17.5 Å². The molecule has 0 amide bonds.